The monoisotopic (exact) mass is 344 g/mol. The molecule has 1 saturated heterocycles. The van der Waals surface area contributed by atoms with Gasteiger partial charge in [0.05, 0.1) is 5.56 Å². The highest BCUT2D eigenvalue weighted by atomic mass is 32.2. The number of aromatic carboxylic acids is 1. The minimum Gasteiger partial charge on any atom is -0.506 e. The Balaban J connectivity index is 2.62. The van der Waals surface area contributed by atoms with E-state index in [0.717, 1.165) is 17.3 Å². The summed E-state index contributed by atoms with van der Waals surface area (Å²) in [5.74, 6) is -2.42. The molecular weight excluding hydrogens is 328 g/mol. The molecule has 1 atom stereocenters. The Labute approximate surface area is 143 Å². The Morgan fingerprint density at radius 3 is 2.33 bits per heavy atom. The fourth-order valence-electron chi connectivity index (χ4n) is 2.43. The second-order valence-electron chi connectivity index (χ2n) is 5.49. The van der Waals surface area contributed by atoms with Gasteiger partial charge in [0.2, 0.25) is 5.12 Å². The van der Waals surface area contributed by atoms with Crippen LogP contribution in [-0.4, -0.2) is 31.8 Å². The van der Waals surface area contributed by atoms with Crippen LogP contribution in [0.1, 0.15) is 29.8 Å². The molecule has 5 nitrogen and oxygen atoms in total. The normalized spacial score (nSPS) is 23.3. The van der Waals surface area contributed by atoms with Crippen LogP contribution in [0.25, 0.3) is 5.76 Å². The molecule has 124 valence electrons. The average Bonchev–Trinajstić information content (AvgIpc) is 2.75. The van der Waals surface area contributed by atoms with Gasteiger partial charge < -0.3 is 10.2 Å². The third-order valence-electron chi connectivity index (χ3n) is 3.66. The summed E-state index contributed by atoms with van der Waals surface area (Å²) in [7, 11) is 0. The van der Waals surface area contributed by atoms with E-state index in [1.54, 1.807) is 26.0 Å². The molecule has 1 aliphatic rings. The van der Waals surface area contributed by atoms with Crippen molar-refractivity contribution < 1.29 is 24.6 Å². The quantitative estimate of drug-likeness (QED) is 0.376. The maximum atomic E-state index is 12.7. The predicted molar refractivity (Wildman–Crippen MR) is 92.9 cm³/mol. The first-order valence-electron chi connectivity index (χ1n) is 7.07. The molecule has 1 aliphatic heterocycles. The molecule has 2 rings (SSSR count). The highest BCUT2D eigenvalue weighted by Crippen LogP contribution is 2.43. The first kappa shape index (κ1) is 17.7. The summed E-state index contributed by atoms with van der Waals surface area (Å²) in [5, 5.41) is 19.1. The van der Waals surface area contributed by atoms with Gasteiger partial charge in [-0.15, -0.1) is 0 Å². The number of ketones is 1. The third kappa shape index (κ3) is 3.05. The minimum absolute atomic E-state index is 0.0593. The molecule has 1 heterocycles. The van der Waals surface area contributed by atoms with Crippen molar-refractivity contribution in [2.75, 3.05) is 0 Å². The largest absolute Gasteiger partial charge is 0.506 e. The number of Topliss-reactive ketones (excluding diaryl/α,β-unsaturated/α-hetero) is 1. The topological polar surface area (TPSA) is 91.7 Å². The summed E-state index contributed by atoms with van der Waals surface area (Å²) in [5.41, 5.74) is 0.0950. The molecule has 0 radical (unpaired) electrons. The van der Waals surface area contributed by atoms with Gasteiger partial charge in [-0.1, -0.05) is 54.3 Å². The molecule has 24 heavy (non-hydrogen) atoms. The van der Waals surface area contributed by atoms with Gasteiger partial charge in [0.25, 0.3) is 0 Å². The third-order valence-corrected chi connectivity index (χ3v) is 4.78. The van der Waals surface area contributed by atoms with E-state index in [1.807, 2.05) is 0 Å². The lowest BCUT2D eigenvalue weighted by atomic mass is 9.94. The Kier molecular flexibility index (Phi) is 4.80. The van der Waals surface area contributed by atoms with Crippen molar-refractivity contribution in [3.05, 3.63) is 65.3 Å². The lowest BCUT2D eigenvalue weighted by Crippen LogP contribution is -2.25. The van der Waals surface area contributed by atoms with E-state index in [2.05, 4.69) is 6.58 Å². The number of hydrogen-bond acceptors (Lipinski definition) is 5. The minimum atomic E-state index is -1.26. The molecule has 1 aromatic carbocycles. The highest BCUT2D eigenvalue weighted by Gasteiger charge is 2.48. The number of aliphatic hydroxyl groups excluding tert-OH is 1. The lowest BCUT2D eigenvalue weighted by Gasteiger charge is -2.15. The lowest BCUT2D eigenvalue weighted by molar-refractivity contribution is -0.117. The van der Waals surface area contributed by atoms with Crippen molar-refractivity contribution in [1.29, 1.82) is 0 Å². The fourth-order valence-corrected chi connectivity index (χ4v) is 3.55. The van der Waals surface area contributed by atoms with E-state index in [4.69, 9.17) is 0 Å². The molecular formula is C18H16O5S. The second kappa shape index (κ2) is 6.49. The SMILES string of the molecule is C=C/C(C)=C/[C@@]1(C)SC(=O)C(=C(O)c2ccccc2C(=O)O)C1=O. The van der Waals surface area contributed by atoms with E-state index in [1.165, 1.54) is 24.3 Å². The number of rotatable bonds is 4. The summed E-state index contributed by atoms with van der Waals surface area (Å²) < 4.78 is -1.16. The van der Waals surface area contributed by atoms with Crippen molar-refractivity contribution in [2.45, 2.75) is 18.6 Å². The number of carbonyl (C=O) groups excluding carboxylic acids is 2. The van der Waals surface area contributed by atoms with Gasteiger partial charge in [0, 0.05) is 5.56 Å². The zero-order valence-electron chi connectivity index (χ0n) is 13.2. The molecule has 0 aliphatic carbocycles. The van der Waals surface area contributed by atoms with Crippen molar-refractivity contribution in [1.82, 2.24) is 0 Å². The first-order valence-corrected chi connectivity index (χ1v) is 7.89. The number of carboxylic acid groups (broad SMARTS) is 1. The maximum absolute atomic E-state index is 12.7. The van der Waals surface area contributed by atoms with Gasteiger partial charge in [0.15, 0.2) is 5.78 Å². The molecule has 1 fully saturated rings. The van der Waals surface area contributed by atoms with E-state index in [-0.39, 0.29) is 16.7 Å². The van der Waals surface area contributed by atoms with Crippen molar-refractivity contribution in [2.24, 2.45) is 0 Å². The Bertz CT molecular complexity index is 818. The molecule has 0 unspecified atom stereocenters. The molecule has 0 saturated carbocycles. The van der Waals surface area contributed by atoms with E-state index in [0.29, 0.717) is 0 Å². The number of thioether (sulfide) groups is 1. The predicted octanol–water partition coefficient (Wildman–Crippen LogP) is 3.39. The van der Waals surface area contributed by atoms with Crippen LogP contribution in [0.5, 0.6) is 0 Å². The number of carbonyl (C=O) groups is 3. The zero-order chi connectivity index (χ0) is 18.1. The number of aliphatic hydroxyl groups is 1. The molecule has 6 heteroatoms. The summed E-state index contributed by atoms with van der Waals surface area (Å²) in [6, 6.07) is 5.68. The highest BCUT2D eigenvalue weighted by molar-refractivity contribution is 8.17. The fraction of sp³-hybridized carbons (Fsp3) is 0.167. The van der Waals surface area contributed by atoms with Crippen molar-refractivity contribution in [3.8, 4) is 0 Å². The summed E-state index contributed by atoms with van der Waals surface area (Å²) >= 11 is 0.787. The van der Waals surface area contributed by atoms with Gasteiger partial charge in [-0.2, -0.15) is 0 Å². The number of allylic oxidation sites excluding steroid dienone is 2. The maximum Gasteiger partial charge on any atom is 0.336 e. The molecule has 0 spiro atoms. The molecule has 0 amide bonds. The molecule has 0 bridgehead atoms. The molecule has 0 aromatic heterocycles. The number of benzene rings is 1. The Morgan fingerprint density at radius 2 is 1.79 bits per heavy atom. The van der Waals surface area contributed by atoms with Crippen LogP contribution in [0.4, 0.5) is 0 Å². The van der Waals surface area contributed by atoms with Crippen LogP contribution in [0.15, 0.2) is 54.1 Å². The van der Waals surface area contributed by atoms with Crippen LogP contribution in [-0.2, 0) is 9.59 Å². The van der Waals surface area contributed by atoms with Gasteiger partial charge in [-0.25, -0.2) is 4.79 Å². The Hall–Kier alpha value is -2.60. The molecule has 2 N–H and O–H groups in total. The summed E-state index contributed by atoms with van der Waals surface area (Å²) in [4.78, 5) is 36.3. The van der Waals surface area contributed by atoms with Gasteiger partial charge in [-0.3, -0.25) is 9.59 Å². The van der Waals surface area contributed by atoms with Gasteiger partial charge >= 0.3 is 5.97 Å². The van der Waals surface area contributed by atoms with E-state index < -0.39 is 27.4 Å². The summed E-state index contributed by atoms with van der Waals surface area (Å²) in [6.45, 7) is 6.94. The smallest absolute Gasteiger partial charge is 0.336 e. The van der Waals surface area contributed by atoms with Gasteiger partial charge in [-0.05, 0) is 19.9 Å². The number of carboxylic acids is 1. The van der Waals surface area contributed by atoms with Crippen molar-refractivity contribution in [3.63, 3.8) is 0 Å². The summed E-state index contributed by atoms with van der Waals surface area (Å²) in [6.07, 6.45) is 3.17. The first-order chi connectivity index (χ1) is 11.2. The average molecular weight is 344 g/mol. The van der Waals surface area contributed by atoms with Crippen molar-refractivity contribution >= 4 is 34.4 Å². The van der Waals surface area contributed by atoms with Crippen LogP contribution < -0.4 is 0 Å². The van der Waals surface area contributed by atoms with Gasteiger partial charge in [0.1, 0.15) is 16.1 Å². The van der Waals surface area contributed by atoms with Crippen LogP contribution in [0.2, 0.25) is 0 Å². The van der Waals surface area contributed by atoms with Crippen LogP contribution in [0.3, 0.4) is 0 Å². The number of hydrogen-bond donors (Lipinski definition) is 2. The Morgan fingerprint density at radius 1 is 1.21 bits per heavy atom. The van der Waals surface area contributed by atoms with E-state index >= 15 is 0 Å². The zero-order valence-corrected chi connectivity index (χ0v) is 14.0. The van der Waals surface area contributed by atoms with Crippen LogP contribution in [0, 0.1) is 0 Å². The van der Waals surface area contributed by atoms with E-state index in [9.17, 15) is 24.6 Å². The standard InChI is InChI=1S/C18H16O5S/c1-4-10(2)9-18(3)15(20)13(17(23)24-18)14(19)11-7-5-6-8-12(11)16(21)22/h4-9,19H,1H2,2-3H3,(H,21,22)/b10-9+,14-13?/t18-/m1/s1. The van der Waals surface area contributed by atoms with Crippen LogP contribution >= 0.6 is 11.8 Å². The molecule has 1 aromatic rings. The second-order valence-corrected chi connectivity index (χ2v) is 6.92.